The summed E-state index contributed by atoms with van der Waals surface area (Å²) < 4.78 is 15.7. The molecule has 0 radical (unpaired) electrons. The largest absolute Gasteiger partial charge is 0.393 e. The highest BCUT2D eigenvalue weighted by molar-refractivity contribution is 7.80. The van der Waals surface area contributed by atoms with Crippen LogP contribution in [0.3, 0.4) is 0 Å². The number of ether oxygens (including phenoxy) is 3. The molecular weight excluding hydrogens is 226 g/mol. The van der Waals surface area contributed by atoms with Crippen LogP contribution in [0.15, 0.2) is 0 Å². The third-order valence-corrected chi connectivity index (χ3v) is 2.86. The monoisotopic (exact) mass is 247 g/mol. The minimum atomic E-state index is 0.248. The van der Waals surface area contributed by atoms with Crippen LogP contribution >= 0.6 is 12.2 Å². The van der Waals surface area contributed by atoms with Gasteiger partial charge >= 0.3 is 0 Å². The average Bonchev–Trinajstić information content (AvgIpc) is 2.96. The Labute approximate surface area is 102 Å². The van der Waals surface area contributed by atoms with Crippen molar-refractivity contribution in [1.29, 1.82) is 0 Å². The maximum Gasteiger partial charge on any atom is 0.0733 e. The van der Waals surface area contributed by atoms with E-state index < -0.39 is 0 Å². The smallest absolute Gasteiger partial charge is 0.0733 e. The highest BCUT2D eigenvalue weighted by Gasteiger charge is 2.43. The first kappa shape index (κ1) is 13.8. The van der Waals surface area contributed by atoms with Gasteiger partial charge in [0.25, 0.3) is 0 Å². The van der Waals surface area contributed by atoms with E-state index in [0.29, 0.717) is 31.4 Å². The first-order valence-electron chi connectivity index (χ1n) is 5.61. The zero-order valence-electron chi connectivity index (χ0n) is 9.87. The van der Waals surface area contributed by atoms with Crippen LogP contribution in [0.2, 0.25) is 0 Å². The van der Waals surface area contributed by atoms with E-state index in [1.54, 1.807) is 7.11 Å². The molecule has 0 aliphatic heterocycles. The zero-order valence-corrected chi connectivity index (χ0v) is 10.7. The Morgan fingerprint density at radius 2 is 1.81 bits per heavy atom. The summed E-state index contributed by atoms with van der Waals surface area (Å²) in [6.45, 7) is 3.25. The predicted octanol–water partition coefficient (Wildman–Crippen LogP) is 1.12. The van der Waals surface area contributed by atoms with Crippen molar-refractivity contribution in [1.82, 2.24) is 0 Å². The topological polar surface area (TPSA) is 53.7 Å². The molecule has 1 rings (SSSR count). The van der Waals surface area contributed by atoms with E-state index in [2.05, 4.69) is 0 Å². The van der Waals surface area contributed by atoms with Crippen molar-refractivity contribution in [2.75, 3.05) is 40.1 Å². The molecule has 16 heavy (non-hydrogen) atoms. The second-order valence-electron chi connectivity index (χ2n) is 4.30. The third kappa shape index (κ3) is 5.75. The minimum absolute atomic E-state index is 0.248. The highest BCUT2D eigenvalue weighted by Crippen LogP contribution is 2.48. The van der Waals surface area contributed by atoms with Gasteiger partial charge in [-0.3, -0.25) is 0 Å². The maximum absolute atomic E-state index is 5.56. The second kappa shape index (κ2) is 7.17. The second-order valence-corrected chi connectivity index (χ2v) is 4.83. The number of hydrogen-bond donors (Lipinski definition) is 1. The first-order chi connectivity index (χ1) is 7.68. The molecule has 0 aromatic carbocycles. The molecule has 5 heteroatoms. The Bertz CT molecular complexity index is 219. The lowest BCUT2D eigenvalue weighted by Gasteiger charge is -2.14. The van der Waals surface area contributed by atoms with Gasteiger partial charge in [-0.1, -0.05) is 12.2 Å². The van der Waals surface area contributed by atoms with Crippen molar-refractivity contribution < 1.29 is 14.2 Å². The number of thiocarbonyl (C=S) groups is 1. The van der Waals surface area contributed by atoms with Gasteiger partial charge in [-0.25, -0.2) is 0 Å². The SMILES string of the molecule is COCCOCCOCC1(CC(N)=S)CC1. The van der Waals surface area contributed by atoms with Crippen LogP contribution < -0.4 is 5.73 Å². The molecule has 0 amide bonds. The molecular formula is C11H21NO3S. The maximum atomic E-state index is 5.56. The lowest BCUT2D eigenvalue weighted by molar-refractivity contribution is 0.0132. The van der Waals surface area contributed by atoms with Crippen LogP contribution in [-0.2, 0) is 14.2 Å². The van der Waals surface area contributed by atoms with Gasteiger partial charge in [-0.15, -0.1) is 0 Å². The molecule has 0 unspecified atom stereocenters. The van der Waals surface area contributed by atoms with Crippen molar-refractivity contribution in [2.45, 2.75) is 19.3 Å². The van der Waals surface area contributed by atoms with E-state index in [-0.39, 0.29) is 5.41 Å². The summed E-state index contributed by atoms with van der Waals surface area (Å²) in [7, 11) is 1.66. The van der Waals surface area contributed by atoms with Crippen LogP contribution in [0.1, 0.15) is 19.3 Å². The first-order valence-corrected chi connectivity index (χ1v) is 6.02. The summed E-state index contributed by atoms with van der Waals surface area (Å²) in [4.78, 5) is 0.595. The van der Waals surface area contributed by atoms with Crippen LogP contribution in [-0.4, -0.2) is 45.1 Å². The van der Waals surface area contributed by atoms with Gasteiger partial charge in [0.15, 0.2) is 0 Å². The molecule has 2 N–H and O–H groups in total. The molecule has 0 atom stereocenters. The van der Waals surface area contributed by atoms with Gasteiger partial charge in [0.1, 0.15) is 0 Å². The Balaban J connectivity index is 1.93. The quantitative estimate of drug-likeness (QED) is 0.463. The molecule has 0 bridgehead atoms. The molecule has 1 saturated carbocycles. The lowest BCUT2D eigenvalue weighted by atomic mass is 10.0. The van der Waals surface area contributed by atoms with E-state index >= 15 is 0 Å². The van der Waals surface area contributed by atoms with Crippen molar-refractivity contribution in [3.8, 4) is 0 Å². The van der Waals surface area contributed by atoms with E-state index in [1.165, 1.54) is 12.8 Å². The number of rotatable bonds is 10. The van der Waals surface area contributed by atoms with Crippen molar-refractivity contribution >= 4 is 17.2 Å². The molecule has 1 aliphatic carbocycles. The normalized spacial score (nSPS) is 17.3. The fraction of sp³-hybridized carbons (Fsp3) is 0.909. The van der Waals surface area contributed by atoms with E-state index in [9.17, 15) is 0 Å². The van der Waals surface area contributed by atoms with Gasteiger partial charge in [-0.2, -0.15) is 0 Å². The van der Waals surface area contributed by atoms with Crippen LogP contribution in [0.4, 0.5) is 0 Å². The molecule has 4 nitrogen and oxygen atoms in total. The summed E-state index contributed by atoms with van der Waals surface area (Å²) in [6.07, 6.45) is 3.16. The zero-order chi connectivity index (χ0) is 11.9. The van der Waals surface area contributed by atoms with E-state index in [0.717, 1.165) is 13.0 Å². The summed E-state index contributed by atoms with van der Waals surface area (Å²) in [5, 5.41) is 0. The fourth-order valence-electron chi connectivity index (χ4n) is 1.57. The fourth-order valence-corrected chi connectivity index (χ4v) is 1.88. The van der Waals surface area contributed by atoms with Crippen molar-refractivity contribution in [3.63, 3.8) is 0 Å². The summed E-state index contributed by atoms with van der Waals surface area (Å²) in [5.74, 6) is 0. The predicted molar refractivity (Wildman–Crippen MR) is 66.6 cm³/mol. The Kier molecular flexibility index (Phi) is 6.20. The Hall–Kier alpha value is -0.230. The summed E-state index contributed by atoms with van der Waals surface area (Å²) in [6, 6.07) is 0. The van der Waals surface area contributed by atoms with Crippen molar-refractivity contribution in [3.05, 3.63) is 0 Å². The van der Waals surface area contributed by atoms with E-state index in [4.69, 9.17) is 32.2 Å². The standard InChI is InChI=1S/C11H21NO3S/c1-13-4-5-14-6-7-15-9-11(2-3-11)8-10(12)16/h2-9H2,1H3,(H2,12,16). The summed E-state index contributed by atoms with van der Waals surface area (Å²) in [5.41, 5.74) is 5.79. The molecule has 0 heterocycles. The molecule has 1 aliphatic rings. The molecule has 0 aromatic heterocycles. The average molecular weight is 247 g/mol. The van der Waals surface area contributed by atoms with E-state index in [1.807, 2.05) is 0 Å². The van der Waals surface area contributed by atoms with Crippen LogP contribution in [0.25, 0.3) is 0 Å². The minimum Gasteiger partial charge on any atom is -0.393 e. The van der Waals surface area contributed by atoms with Gasteiger partial charge < -0.3 is 19.9 Å². The van der Waals surface area contributed by atoms with Gasteiger partial charge in [0.05, 0.1) is 38.0 Å². The highest BCUT2D eigenvalue weighted by atomic mass is 32.1. The Morgan fingerprint density at radius 1 is 1.19 bits per heavy atom. The van der Waals surface area contributed by atoms with Crippen molar-refractivity contribution in [2.24, 2.45) is 11.1 Å². The summed E-state index contributed by atoms with van der Waals surface area (Å²) >= 11 is 4.92. The van der Waals surface area contributed by atoms with Gasteiger partial charge in [0, 0.05) is 18.9 Å². The Morgan fingerprint density at radius 3 is 2.38 bits per heavy atom. The number of hydrogen-bond acceptors (Lipinski definition) is 4. The molecule has 0 aromatic rings. The molecule has 0 spiro atoms. The molecule has 94 valence electrons. The molecule has 1 fully saturated rings. The molecule has 0 saturated heterocycles. The van der Waals surface area contributed by atoms with Crippen LogP contribution in [0, 0.1) is 5.41 Å². The van der Waals surface area contributed by atoms with Crippen LogP contribution in [0.5, 0.6) is 0 Å². The van der Waals surface area contributed by atoms with Gasteiger partial charge in [-0.05, 0) is 12.8 Å². The lowest BCUT2D eigenvalue weighted by Crippen LogP contribution is -2.20. The third-order valence-electron chi connectivity index (χ3n) is 2.72. The van der Waals surface area contributed by atoms with Gasteiger partial charge in [0.2, 0.25) is 0 Å². The number of nitrogens with two attached hydrogens (primary N) is 1. The number of methoxy groups -OCH3 is 1.